The smallest absolute Gasteiger partial charge is 0.298 e. The zero-order chi connectivity index (χ0) is 24.4. The van der Waals surface area contributed by atoms with Crippen LogP contribution in [0.1, 0.15) is 29.4 Å². The first-order valence-electron chi connectivity index (χ1n) is 11.4. The molecule has 1 fully saturated rings. The Kier molecular flexibility index (Phi) is 6.34. The number of rotatable bonds is 6. The number of ether oxygens (including phenoxy) is 1. The monoisotopic (exact) mass is 489 g/mol. The summed E-state index contributed by atoms with van der Waals surface area (Å²) in [4.78, 5) is 30.9. The van der Waals surface area contributed by atoms with E-state index in [0.29, 0.717) is 48.1 Å². The molecule has 5 rings (SSSR count). The van der Waals surface area contributed by atoms with Crippen molar-refractivity contribution in [1.82, 2.24) is 19.8 Å². The van der Waals surface area contributed by atoms with Crippen LogP contribution in [-0.4, -0.2) is 52.0 Å². The molecular formula is C26H24ClN5O3. The number of amides is 2. The highest BCUT2D eigenvalue weighted by Gasteiger charge is 2.32. The standard InChI is InChI=1S/C26H24ClN5O3/c1-2-3-24(33)31-13-10-19(31)16-35-23-14-28-11-8-21(23)32-15-20(25-22(32)9-12-29-26(25)34)30-18-6-4-17(27)5-7-18/h4-8,11,14-15,19,30H,9-10,12-13,16H2,1H3,(H,29,34)/t19-/m1/s1. The van der Waals surface area contributed by atoms with Gasteiger partial charge < -0.3 is 24.8 Å². The second-order valence-electron chi connectivity index (χ2n) is 8.34. The molecule has 1 saturated heterocycles. The molecule has 1 atom stereocenters. The fourth-order valence-electron chi connectivity index (χ4n) is 4.36. The van der Waals surface area contributed by atoms with Gasteiger partial charge in [0.25, 0.3) is 11.8 Å². The highest BCUT2D eigenvalue weighted by Crippen LogP contribution is 2.34. The van der Waals surface area contributed by atoms with Crippen LogP contribution in [0, 0.1) is 11.8 Å². The first-order chi connectivity index (χ1) is 17.0. The summed E-state index contributed by atoms with van der Waals surface area (Å²) in [5, 5.41) is 6.91. The van der Waals surface area contributed by atoms with Crippen LogP contribution in [-0.2, 0) is 11.2 Å². The van der Waals surface area contributed by atoms with E-state index >= 15 is 0 Å². The van der Waals surface area contributed by atoms with Crippen molar-refractivity contribution in [3.8, 4) is 23.3 Å². The van der Waals surface area contributed by atoms with E-state index in [9.17, 15) is 9.59 Å². The van der Waals surface area contributed by atoms with Gasteiger partial charge in [-0.1, -0.05) is 17.5 Å². The number of aromatic nitrogens is 2. The van der Waals surface area contributed by atoms with Crippen molar-refractivity contribution in [2.75, 3.05) is 25.0 Å². The third-order valence-electron chi connectivity index (χ3n) is 6.19. The van der Waals surface area contributed by atoms with E-state index < -0.39 is 0 Å². The number of nitrogens with zero attached hydrogens (tertiary/aromatic N) is 3. The van der Waals surface area contributed by atoms with E-state index in [1.807, 2.05) is 29.0 Å². The summed E-state index contributed by atoms with van der Waals surface area (Å²) in [6.07, 6.45) is 6.79. The molecule has 1 aromatic carbocycles. The molecule has 8 nitrogen and oxygen atoms in total. The fraction of sp³-hybridized carbons (Fsp3) is 0.269. The maximum Gasteiger partial charge on any atom is 0.298 e. The third-order valence-corrected chi connectivity index (χ3v) is 6.45. The van der Waals surface area contributed by atoms with Gasteiger partial charge in [0.1, 0.15) is 6.61 Å². The van der Waals surface area contributed by atoms with Crippen molar-refractivity contribution in [2.24, 2.45) is 0 Å². The van der Waals surface area contributed by atoms with Gasteiger partial charge in [0.05, 0.1) is 29.2 Å². The molecule has 35 heavy (non-hydrogen) atoms. The number of likely N-dealkylation sites (tertiary alicyclic amines) is 1. The largest absolute Gasteiger partial charge is 0.488 e. The van der Waals surface area contributed by atoms with Crippen LogP contribution in [0.3, 0.4) is 0 Å². The summed E-state index contributed by atoms with van der Waals surface area (Å²) < 4.78 is 8.13. The molecule has 0 aliphatic carbocycles. The van der Waals surface area contributed by atoms with Crippen LogP contribution >= 0.6 is 11.6 Å². The molecule has 0 unspecified atom stereocenters. The molecule has 4 heterocycles. The zero-order valence-corrected chi connectivity index (χ0v) is 19.9. The summed E-state index contributed by atoms with van der Waals surface area (Å²) in [6, 6.07) is 9.15. The highest BCUT2D eigenvalue weighted by atomic mass is 35.5. The minimum absolute atomic E-state index is 0.0251. The van der Waals surface area contributed by atoms with Gasteiger partial charge in [-0.25, -0.2) is 0 Å². The van der Waals surface area contributed by atoms with Gasteiger partial charge >= 0.3 is 0 Å². The molecule has 0 bridgehead atoms. The number of anilines is 2. The zero-order valence-electron chi connectivity index (χ0n) is 19.2. The third kappa shape index (κ3) is 4.55. The lowest BCUT2D eigenvalue weighted by Crippen LogP contribution is -2.53. The minimum Gasteiger partial charge on any atom is -0.488 e. The van der Waals surface area contributed by atoms with Gasteiger partial charge in [-0.2, -0.15) is 0 Å². The molecule has 0 spiro atoms. The van der Waals surface area contributed by atoms with Crippen LogP contribution < -0.4 is 15.4 Å². The fourth-order valence-corrected chi connectivity index (χ4v) is 4.48. The van der Waals surface area contributed by atoms with E-state index in [2.05, 4.69) is 27.5 Å². The number of nitrogens with one attached hydrogen (secondary N) is 2. The normalized spacial score (nSPS) is 16.3. The van der Waals surface area contributed by atoms with E-state index in [-0.39, 0.29) is 17.9 Å². The number of hydrogen-bond acceptors (Lipinski definition) is 5. The maximum atomic E-state index is 12.8. The Labute approximate surface area is 208 Å². The summed E-state index contributed by atoms with van der Waals surface area (Å²) in [5.74, 6) is 5.52. The summed E-state index contributed by atoms with van der Waals surface area (Å²) in [5.41, 5.74) is 3.78. The first kappa shape index (κ1) is 22.8. The Hall–Kier alpha value is -3.96. The lowest BCUT2D eigenvalue weighted by atomic mass is 10.0. The summed E-state index contributed by atoms with van der Waals surface area (Å²) >= 11 is 6.02. The Bertz CT molecular complexity index is 1340. The Balaban J connectivity index is 1.44. The molecule has 9 heteroatoms. The van der Waals surface area contributed by atoms with E-state index in [1.54, 1.807) is 36.4 Å². The SMILES string of the molecule is CC#CC(=O)N1CC[C@@H]1COc1cnccc1-n1cc(Nc2ccc(Cl)cc2)c2c1CCNC2=O. The summed E-state index contributed by atoms with van der Waals surface area (Å²) in [6.45, 7) is 3.23. The number of fused-ring (bicyclic) bond motifs is 1. The van der Waals surface area contributed by atoms with Crippen molar-refractivity contribution in [3.63, 3.8) is 0 Å². The number of carbonyl (C=O) groups excluding carboxylic acids is 2. The maximum absolute atomic E-state index is 12.8. The molecule has 2 N–H and O–H groups in total. The Morgan fingerprint density at radius 3 is 2.89 bits per heavy atom. The van der Waals surface area contributed by atoms with E-state index in [4.69, 9.17) is 16.3 Å². The molecule has 2 aromatic heterocycles. The van der Waals surface area contributed by atoms with Gasteiger partial charge in [0, 0.05) is 48.3 Å². The number of halogens is 1. The van der Waals surface area contributed by atoms with Gasteiger partial charge in [0.2, 0.25) is 0 Å². The second kappa shape index (κ2) is 9.72. The van der Waals surface area contributed by atoms with Gasteiger partial charge in [-0.15, -0.1) is 0 Å². The molecule has 0 saturated carbocycles. The van der Waals surface area contributed by atoms with Crippen molar-refractivity contribution >= 4 is 34.8 Å². The lowest BCUT2D eigenvalue weighted by molar-refractivity contribution is -0.133. The topological polar surface area (TPSA) is 88.5 Å². The predicted molar refractivity (Wildman–Crippen MR) is 133 cm³/mol. The molecular weight excluding hydrogens is 466 g/mol. The number of pyridine rings is 1. The first-order valence-corrected chi connectivity index (χ1v) is 11.8. The van der Waals surface area contributed by atoms with Gasteiger partial charge in [0.15, 0.2) is 5.75 Å². The lowest BCUT2D eigenvalue weighted by Gasteiger charge is -2.39. The van der Waals surface area contributed by atoms with Crippen LogP contribution in [0.25, 0.3) is 5.69 Å². The van der Waals surface area contributed by atoms with Crippen LogP contribution in [0.2, 0.25) is 5.02 Å². The average Bonchev–Trinajstić information content (AvgIpc) is 3.20. The Morgan fingerprint density at radius 1 is 1.31 bits per heavy atom. The van der Waals surface area contributed by atoms with Crippen molar-refractivity contribution in [2.45, 2.75) is 25.8 Å². The van der Waals surface area contributed by atoms with E-state index in [0.717, 1.165) is 23.5 Å². The van der Waals surface area contributed by atoms with Gasteiger partial charge in [-0.3, -0.25) is 14.6 Å². The van der Waals surface area contributed by atoms with Crippen molar-refractivity contribution < 1.29 is 14.3 Å². The average molecular weight is 490 g/mol. The van der Waals surface area contributed by atoms with Crippen LogP contribution in [0.15, 0.2) is 48.9 Å². The highest BCUT2D eigenvalue weighted by molar-refractivity contribution is 6.30. The second-order valence-corrected chi connectivity index (χ2v) is 8.78. The number of carbonyl (C=O) groups is 2. The summed E-state index contributed by atoms with van der Waals surface area (Å²) in [7, 11) is 0. The van der Waals surface area contributed by atoms with E-state index in [1.165, 1.54) is 0 Å². The predicted octanol–water partition coefficient (Wildman–Crippen LogP) is 3.56. The van der Waals surface area contributed by atoms with Crippen molar-refractivity contribution in [1.29, 1.82) is 0 Å². The minimum atomic E-state index is -0.179. The number of benzene rings is 1. The molecule has 178 valence electrons. The number of hydrogen-bond donors (Lipinski definition) is 2. The van der Waals surface area contributed by atoms with Crippen LogP contribution in [0.4, 0.5) is 11.4 Å². The molecule has 2 aliphatic rings. The van der Waals surface area contributed by atoms with Crippen LogP contribution in [0.5, 0.6) is 5.75 Å². The van der Waals surface area contributed by atoms with Crippen molar-refractivity contribution in [3.05, 3.63) is 65.2 Å². The molecule has 0 radical (unpaired) electrons. The molecule has 2 amide bonds. The molecule has 2 aliphatic heterocycles. The van der Waals surface area contributed by atoms with Gasteiger partial charge in [-0.05, 0) is 49.6 Å². The Morgan fingerprint density at radius 2 is 2.14 bits per heavy atom. The molecule has 3 aromatic rings. The quantitative estimate of drug-likeness (QED) is 0.517.